The van der Waals surface area contributed by atoms with Crippen molar-refractivity contribution in [1.82, 2.24) is 14.7 Å². The number of benzene rings is 1. The summed E-state index contributed by atoms with van der Waals surface area (Å²) in [7, 11) is 0. The average Bonchev–Trinajstić information content (AvgIpc) is 2.98. The summed E-state index contributed by atoms with van der Waals surface area (Å²) in [5, 5.41) is 0. The molecular weight excluding hydrogens is 528 g/mol. The van der Waals surface area contributed by atoms with Crippen LogP contribution in [0.25, 0.3) is 0 Å². The standard InChI is InChI=1S/C34H52N4O4/c1-4-5-11-28-23-38(22-26-9-7-6-8-10-26)33(41)42-34(28)14-18-36(19-15-34)29-12-16-37(17-13-29)32(40)30-24(2)20-27(31(35)39)21-25(30)3/h20-21,26,28-29H,4-19,22-23H2,1-3H3,(H2,35,39). The average molecular weight is 581 g/mol. The molecule has 3 heterocycles. The maximum atomic E-state index is 13.5. The monoisotopic (exact) mass is 580 g/mol. The van der Waals surface area contributed by atoms with E-state index in [0.29, 0.717) is 29.0 Å². The molecule has 1 saturated carbocycles. The highest BCUT2D eigenvalue weighted by Crippen LogP contribution is 2.42. The smallest absolute Gasteiger partial charge is 0.410 e. The fourth-order valence-corrected chi connectivity index (χ4v) is 8.28. The number of piperidine rings is 2. The van der Waals surface area contributed by atoms with E-state index in [1.807, 2.05) is 23.6 Å². The summed E-state index contributed by atoms with van der Waals surface area (Å²) in [4.78, 5) is 45.0. The van der Waals surface area contributed by atoms with Crippen LogP contribution in [-0.4, -0.2) is 83.5 Å². The minimum absolute atomic E-state index is 0.0442. The van der Waals surface area contributed by atoms with Crippen molar-refractivity contribution in [3.05, 3.63) is 34.4 Å². The van der Waals surface area contributed by atoms with Gasteiger partial charge in [0.05, 0.1) is 0 Å². The number of unbranched alkanes of at least 4 members (excludes halogenated alkanes) is 1. The SMILES string of the molecule is CCCCC1CN(CC2CCCCC2)C(=O)OC12CCN(C1CCN(C(=O)c3c(C)cc(C(N)=O)cc3C)CC1)CC2. The lowest BCUT2D eigenvalue weighted by Gasteiger charge is -2.52. The normalized spacial score (nSPS) is 24.2. The Morgan fingerprint density at radius 1 is 0.976 bits per heavy atom. The number of hydrogen-bond donors (Lipinski definition) is 1. The zero-order valence-electron chi connectivity index (χ0n) is 26.2. The molecule has 0 bridgehead atoms. The van der Waals surface area contributed by atoms with Crippen molar-refractivity contribution in [2.24, 2.45) is 17.6 Å². The fourth-order valence-electron chi connectivity index (χ4n) is 8.28. The van der Waals surface area contributed by atoms with Gasteiger partial charge in [0.25, 0.3) is 5.91 Å². The molecule has 1 spiro atoms. The molecule has 1 unspecified atom stereocenters. The molecule has 4 fully saturated rings. The molecule has 42 heavy (non-hydrogen) atoms. The van der Waals surface area contributed by atoms with Gasteiger partial charge in [-0.2, -0.15) is 0 Å². The van der Waals surface area contributed by atoms with Crippen molar-refractivity contribution in [2.45, 2.75) is 109 Å². The van der Waals surface area contributed by atoms with E-state index in [2.05, 4.69) is 11.8 Å². The molecule has 2 N–H and O–H groups in total. The Morgan fingerprint density at radius 3 is 2.21 bits per heavy atom. The third kappa shape index (κ3) is 6.63. The predicted molar refractivity (Wildman–Crippen MR) is 165 cm³/mol. The lowest BCUT2D eigenvalue weighted by Crippen LogP contribution is -2.61. The van der Waals surface area contributed by atoms with Gasteiger partial charge in [0, 0.05) is 75.2 Å². The first-order chi connectivity index (χ1) is 20.2. The number of carbonyl (C=O) groups excluding carboxylic acids is 3. The van der Waals surface area contributed by atoms with E-state index in [4.69, 9.17) is 10.5 Å². The van der Waals surface area contributed by atoms with Gasteiger partial charge in [-0.25, -0.2) is 4.79 Å². The van der Waals surface area contributed by atoms with Crippen molar-refractivity contribution in [3.8, 4) is 0 Å². The van der Waals surface area contributed by atoms with Crippen molar-refractivity contribution in [3.63, 3.8) is 0 Å². The minimum Gasteiger partial charge on any atom is -0.442 e. The Hall–Kier alpha value is -2.61. The molecule has 0 radical (unpaired) electrons. The number of rotatable bonds is 8. The Labute approximate surface area is 252 Å². The van der Waals surface area contributed by atoms with E-state index in [-0.39, 0.29) is 17.6 Å². The van der Waals surface area contributed by atoms with E-state index in [0.717, 1.165) is 82.5 Å². The Kier molecular flexibility index (Phi) is 9.81. The van der Waals surface area contributed by atoms with Crippen LogP contribution in [-0.2, 0) is 4.74 Å². The van der Waals surface area contributed by atoms with Gasteiger partial charge in [-0.3, -0.25) is 14.5 Å². The maximum Gasteiger partial charge on any atom is 0.410 e. The second kappa shape index (κ2) is 13.4. The first-order valence-electron chi connectivity index (χ1n) is 16.6. The molecule has 1 aromatic rings. The van der Waals surface area contributed by atoms with Crippen LogP contribution in [0.5, 0.6) is 0 Å². The number of nitrogens with two attached hydrogens (primary N) is 1. The van der Waals surface area contributed by atoms with Gasteiger partial charge < -0.3 is 20.3 Å². The van der Waals surface area contributed by atoms with Gasteiger partial charge in [0.2, 0.25) is 5.91 Å². The highest BCUT2D eigenvalue weighted by molar-refractivity contribution is 6.00. The van der Waals surface area contributed by atoms with Crippen LogP contribution in [0.15, 0.2) is 12.1 Å². The van der Waals surface area contributed by atoms with E-state index in [9.17, 15) is 14.4 Å². The highest BCUT2D eigenvalue weighted by Gasteiger charge is 2.50. The van der Waals surface area contributed by atoms with Crippen molar-refractivity contribution < 1.29 is 19.1 Å². The molecule has 4 aliphatic rings. The second-order valence-electron chi connectivity index (χ2n) is 13.6. The van der Waals surface area contributed by atoms with Gasteiger partial charge in [-0.15, -0.1) is 0 Å². The van der Waals surface area contributed by atoms with Gasteiger partial charge in [0.1, 0.15) is 5.60 Å². The van der Waals surface area contributed by atoms with Crippen LogP contribution in [0.4, 0.5) is 4.79 Å². The number of likely N-dealkylation sites (tertiary alicyclic amines) is 2. The number of aryl methyl sites for hydroxylation is 2. The van der Waals surface area contributed by atoms with Gasteiger partial charge in [-0.1, -0.05) is 39.0 Å². The van der Waals surface area contributed by atoms with Crippen molar-refractivity contribution >= 4 is 17.9 Å². The number of nitrogens with zero attached hydrogens (tertiary/aromatic N) is 3. The molecule has 1 aliphatic carbocycles. The fraction of sp³-hybridized carbons (Fsp3) is 0.735. The molecule has 3 amide bonds. The Morgan fingerprint density at radius 2 is 1.62 bits per heavy atom. The van der Waals surface area contributed by atoms with Crippen LogP contribution in [0.1, 0.15) is 116 Å². The summed E-state index contributed by atoms with van der Waals surface area (Å²) >= 11 is 0. The molecule has 8 nitrogen and oxygen atoms in total. The van der Waals surface area contributed by atoms with E-state index >= 15 is 0 Å². The molecular formula is C34H52N4O4. The number of primary amides is 1. The van der Waals surface area contributed by atoms with E-state index in [1.54, 1.807) is 12.1 Å². The van der Waals surface area contributed by atoms with Crippen LogP contribution < -0.4 is 5.73 Å². The molecule has 3 aliphatic heterocycles. The maximum absolute atomic E-state index is 13.5. The third-order valence-electron chi connectivity index (χ3n) is 10.8. The topological polar surface area (TPSA) is 96.2 Å². The molecule has 8 heteroatoms. The minimum atomic E-state index is -0.472. The molecule has 232 valence electrons. The van der Waals surface area contributed by atoms with Crippen LogP contribution in [0.3, 0.4) is 0 Å². The first kappa shape index (κ1) is 30.8. The van der Waals surface area contributed by atoms with Gasteiger partial charge in [0.15, 0.2) is 0 Å². The van der Waals surface area contributed by atoms with Crippen molar-refractivity contribution in [2.75, 3.05) is 39.3 Å². The number of amides is 3. The number of carbonyl (C=O) groups is 3. The highest BCUT2D eigenvalue weighted by atomic mass is 16.6. The summed E-state index contributed by atoms with van der Waals surface area (Å²) in [5.74, 6) is 0.616. The van der Waals surface area contributed by atoms with Gasteiger partial charge in [-0.05, 0) is 75.1 Å². The number of ether oxygens (including phenoxy) is 1. The third-order valence-corrected chi connectivity index (χ3v) is 10.8. The quantitative estimate of drug-likeness (QED) is 0.427. The summed E-state index contributed by atoms with van der Waals surface area (Å²) in [6.07, 6.45) is 13.5. The molecule has 1 aromatic carbocycles. The van der Waals surface area contributed by atoms with Crippen LogP contribution in [0.2, 0.25) is 0 Å². The zero-order chi connectivity index (χ0) is 29.9. The Balaban J connectivity index is 1.16. The largest absolute Gasteiger partial charge is 0.442 e. The van der Waals surface area contributed by atoms with E-state index < -0.39 is 5.91 Å². The summed E-state index contributed by atoms with van der Waals surface area (Å²) in [5.41, 5.74) is 7.87. The summed E-state index contributed by atoms with van der Waals surface area (Å²) in [6, 6.07) is 3.89. The lowest BCUT2D eigenvalue weighted by molar-refractivity contribution is -0.127. The first-order valence-corrected chi connectivity index (χ1v) is 16.6. The number of hydrogen-bond acceptors (Lipinski definition) is 5. The molecule has 1 atom stereocenters. The summed E-state index contributed by atoms with van der Waals surface area (Å²) < 4.78 is 6.44. The van der Waals surface area contributed by atoms with Crippen LogP contribution >= 0.6 is 0 Å². The second-order valence-corrected chi connectivity index (χ2v) is 13.6. The van der Waals surface area contributed by atoms with Crippen molar-refractivity contribution in [1.29, 1.82) is 0 Å². The molecule has 0 aromatic heterocycles. The Bertz CT molecular complexity index is 1110. The lowest BCUT2D eigenvalue weighted by atomic mass is 9.75. The van der Waals surface area contributed by atoms with Gasteiger partial charge >= 0.3 is 6.09 Å². The van der Waals surface area contributed by atoms with Crippen LogP contribution in [0, 0.1) is 25.7 Å². The molecule has 5 rings (SSSR count). The van der Waals surface area contributed by atoms with E-state index in [1.165, 1.54) is 44.9 Å². The predicted octanol–water partition coefficient (Wildman–Crippen LogP) is 5.68. The summed E-state index contributed by atoms with van der Waals surface area (Å²) in [6.45, 7) is 11.1. The zero-order valence-corrected chi connectivity index (χ0v) is 26.2. The molecule has 3 saturated heterocycles.